The largest absolute Gasteiger partial charge is 0.400 e. The van der Waals surface area contributed by atoms with Crippen molar-refractivity contribution in [1.29, 1.82) is 0 Å². The number of carbonyl (C=O) groups is 1. The number of fused-ring (bicyclic) bond motifs is 1. The number of carbonyl (C=O) groups excluding carboxylic acids is 1. The summed E-state index contributed by atoms with van der Waals surface area (Å²) in [5.41, 5.74) is 5.75. The number of imidazole rings is 1. The van der Waals surface area contributed by atoms with E-state index in [1.54, 1.807) is 7.11 Å². The van der Waals surface area contributed by atoms with Gasteiger partial charge in [-0.2, -0.15) is 4.98 Å². The lowest BCUT2D eigenvalue weighted by Gasteiger charge is -2.20. The maximum absolute atomic E-state index is 12.4. The average Bonchev–Trinajstić information content (AvgIpc) is 3.11. The molecule has 0 bridgehead atoms. The van der Waals surface area contributed by atoms with Crippen LogP contribution in [0.15, 0.2) is 11.1 Å². The molecule has 0 radical (unpaired) electrons. The number of aromatic amines is 1. The van der Waals surface area contributed by atoms with E-state index < -0.39 is 21.1 Å². The monoisotopic (exact) mass is 367 g/mol. The summed E-state index contributed by atoms with van der Waals surface area (Å²) in [4.78, 5) is 34.6. The van der Waals surface area contributed by atoms with Crippen LogP contribution < -0.4 is 11.3 Å². The average molecular weight is 367 g/mol. The molecule has 0 aliphatic carbocycles. The van der Waals surface area contributed by atoms with Crippen molar-refractivity contribution in [3.63, 3.8) is 0 Å². The van der Waals surface area contributed by atoms with Gasteiger partial charge in [-0.3, -0.25) is 19.1 Å². The molecule has 1 saturated heterocycles. The lowest BCUT2D eigenvalue weighted by atomic mass is 10.2. The van der Waals surface area contributed by atoms with E-state index in [-0.39, 0.29) is 42.0 Å². The number of hydrogen-bond acceptors (Lipinski definition) is 8. The minimum atomic E-state index is -1.78. The highest BCUT2D eigenvalue weighted by Crippen LogP contribution is 2.27. The summed E-state index contributed by atoms with van der Waals surface area (Å²) in [6, 6.07) is 0. The fraction of sp³-hybridized carbons (Fsp3) is 0.571. The van der Waals surface area contributed by atoms with Gasteiger partial charge in [-0.15, -0.1) is 0 Å². The van der Waals surface area contributed by atoms with Crippen LogP contribution in [-0.4, -0.2) is 54.4 Å². The SMILES string of the molecule is CO[SiH](OC[C@@H]1CC(=O)[C@H](n2cnc3c(=O)[nH]c(N)nc32)O1)C(C)C. The van der Waals surface area contributed by atoms with Gasteiger partial charge in [0.15, 0.2) is 23.2 Å². The van der Waals surface area contributed by atoms with E-state index in [0.717, 1.165) is 0 Å². The maximum atomic E-state index is 12.4. The third-order valence-corrected chi connectivity index (χ3v) is 6.03. The molecule has 2 aromatic rings. The first-order valence-electron chi connectivity index (χ1n) is 7.95. The molecule has 25 heavy (non-hydrogen) atoms. The standard InChI is InChI=1S/C14H21N5O5Si/c1-7(2)25(22-3)23-5-8-4-9(20)13(24-8)19-6-16-10-11(19)17-14(15)18-12(10)21/h6-8,13,25H,4-5H2,1-3H3,(H3,15,17,18,21)/t8-,13+,25?/m0/s1. The molecule has 3 heterocycles. The predicted octanol–water partition coefficient (Wildman–Crippen LogP) is -0.148. The Bertz CT molecular complexity index is 835. The lowest BCUT2D eigenvalue weighted by Crippen LogP contribution is -2.29. The smallest absolute Gasteiger partial charge is 0.323 e. The van der Waals surface area contributed by atoms with Crippen molar-refractivity contribution in [2.75, 3.05) is 19.5 Å². The number of H-pyrrole nitrogens is 1. The fourth-order valence-electron chi connectivity index (χ4n) is 2.80. The molecule has 2 aromatic heterocycles. The van der Waals surface area contributed by atoms with Gasteiger partial charge in [0, 0.05) is 13.5 Å². The van der Waals surface area contributed by atoms with Crippen molar-refractivity contribution in [2.45, 2.75) is 38.1 Å². The maximum Gasteiger partial charge on any atom is 0.323 e. The second-order valence-corrected chi connectivity index (χ2v) is 9.11. The molecule has 3 atom stereocenters. The van der Waals surface area contributed by atoms with E-state index in [9.17, 15) is 9.59 Å². The first kappa shape index (κ1) is 17.7. The van der Waals surface area contributed by atoms with Gasteiger partial charge in [0.1, 0.15) is 0 Å². The molecule has 3 rings (SSSR count). The summed E-state index contributed by atoms with van der Waals surface area (Å²) in [6.45, 7) is 4.36. The van der Waals surface area contributed by atoms with Gasteiger partial charge in [0.2, 0.25) is 5.95 Å². The Morgan fingerprint density at radius 1 is 1.52 bits per heavy atom. The van der Waals surface area contributed by atoms with Crippen molar-refractivity contribution >= 4 is 32.2 Å². The van der Waals surface area contributed by atoms with Crippen LogP contribution in [0, 0.1) is 0 Å². The highest BCUT2D eigenvalue weighted by molar-refractivity contribution is 6.46. The van der Waals surface area contributed by atoms with E-state index in [1.807, 2.05) is 13.8 Å². The summed E-state index contributed by atoms with van der Waals surface area (Å²) >= 11 is 0. The van der Waals surface area contributed by atoms with E-state index in [2.05, 4.69) is 15.0 Å². The molecule has 10 nitrogen and oxygen atoms in total. The minimum Gasteiger partial charge on any atom is -0.400 e. The van der Waals surface area contributed by atoms with Gasteiger partial charge in [0.05, 0.1) is 19.0 Å². The van der Waals surface area contributed by atoms with Gasteiger partial charge in [-0.25, -0.2) is 4.98 Å². The third-order valence-electron chi connectivity index (χ3n) is 3.95. The number of hydrogen-bond donors (Lipinski definition) is 2. The fourth-order valence-corrected chi connectivity index (χ4v) is 4.27. The molecule has 3 N–H and O–H groups in total. The predicted molar refractivity (Wildman–Crippen MR) is 91.3 cm³/mol. The summed E-state index contributed by atoms with van der Waals surface area (Å²) in [5, 5.41) is 0. The Morgan fingerprint density at radius 3 is 2.96 bits per heavy atom. The Kier molecular flexibility index (Phi) is 4.99. The van der Waals surface area contributed by atoms with Crippen molar-refractivity contribution in [1.82, 2.24) is 19.5 Å². The van der Waals surface area contributed by atoms with Crippen LogP contribution in [0.3, 0.4) is 0 Å². The Morgan fingerprint density at radius 2 is 2.28 bits per heavy atom. The van der Waals surface area contributed by atoms with E-state index in [4.69, 9.17) is 19.3 Å². The zero-order valence-electron chi connectivity index (χ0n) is 14.3. The van der Waals surface area contributed by atoms with E-state index >= 15 is 0 Å². The molecule has 0 aromatic carbocycles. The summed E-state index contributed by atoms with van der Waals surface area (Å²) in [5.74, 6) is -0.177. The van der Waals surface area contributed by atoms with Gasteiger partial charge in [0.25, 0.3) is 5.56 Å². The molecular formula is C14H21N5O5Si. The number of rotatable bonds is 6. The van der Waals surface area contributed by atoms with Crippen molar-refractivity contribution < 1.29 is 18.4 Å². The highest BCUT2D eigenvalue weighted by atomic mass is 28.3. The van der Waals surface area contributed by atoms with Gasteiger partial charge >= 0.3 is 9.28 Å². The third kappa shape index (κ3) is 3.49. The summed E-state index contributed by atoms with van der Waals surface area (Å²) in [6.07, 6.45) is 0.303. The quantitative estimate of drug-likeness (QED) is 0.673. The number of nitrogens with zero attached hydrogens (tertiary/aromatic N) is 3. The van der Waals surface area contributed by atoms with Crippen molar-refractivity contribution in [2.24, 2.45) is 0 Å². The molecule has 0 saturated carbocycles. The minimum absolute atomic E-state index is 0.0459. The zero-order chi connectivity index (χ0) is 18.1. The van der Waals surface area contributed by atoms with Gasteiger partial charge < -0.3 is 19.3 Å². The first-order valence-corrected chi connectivity index (χ1v) is 9.56. The second-order valence-electron chi connectivity index (χ2n) is 6.24. The number of nitrogens with one attached hydrogen (secondary N) is 1. The number of Topliss-reactive ketones (excluding diaryl/α,β-unsaturated/α-hetero) is 1. The number of aromatic nitrogens is 4. The zero-order valence-corrected chi connectivity index (χ0v) is 15.4. The van der Waals surface area contributed by atoms with Crippen LogP contribution in [0.4, 0.5) is 5.95 Å². The van der Waals surface area contributed by atoms with Crippen LogP contribution in [0.25, 0.3) is 11.2 Å². The number of ether oxygens (including phenoxy) is 1. The molecule has 1 unspecified atom stereocenters. The van der Waals surface area contributed by atoms with Crippen LogP contribution in [0.5, 0.6) is 0 Å². The van der Waals surface area contributed by atoms with E-state index in [1.165, 1.54) is 10.9 Å². The Hall–Kier alpha value is -2.08. The van der Waals surface area contributed by atoms with Crippen LogP contribution in [-0.2, 0) is 18.4 Å². The topological polar surface area (TPSA) is 134 Å². The van der Waals surface area contributed by atoms with Gasteiger partial charge in [-0.05, 0) is 5.54 Å². The molecule has 1 aliphatic heterocycles. The number of ketones is 1. The van der Waals surface area contributed by atoms with E-state index in [0.29, 0.717) is 5.54 Å². The molecule has 1 aliphatic rings. The molecule has 0 spiro atoms. The van der Waals surface area contributed by atoms with Crippen LogP contribution >= 0.6 is 0 Å². The second kappa shape index (κ2) is 7.04. The Labute approximate surface area is 145 Å². The molecule has 0 amide bonds. The molecular weight excluding hydrogens is 346 g/mol. The Balaban J connectivity index is 1.76. The van der Waals surface area contributed by atoms with Crippen molar-refractivity contribution in [3.8, 4) is 0 Å². The van der Waals surface area contributed by atoms with Gasteiger partial charge in [-0.1, -0.05) is 13.8 Å². The first-order chi connectivity index (χ1) is 11.9. The molecule has 136 valence electrons. The number of anilines is 1. The number of nitrogen functional groups attached to an aromatic ring is 1. The van der Waals surface area contributed by atoms with Crippen molar-refractivity contribution in [3.05, 3.63) is 16.7 Å². The van der Waals surface area contributed by atoms with Crippen LogP contribution in [0.2, 0.25) is 5.54 Å². The summed E-state index contributed by atoms with van der Waals surface area (Å²) < 4.78 is 18.4. The normalized spacial score (nSPS) is 22.2. The molecule has 11 heteroatoms. The number of nitrogens with two attached hydrogens (primary N) is 1. The molecule has 1 fully saturated rings. The van der Waals surface area contributed by atoms with Crippen LogP contribution in [0.1, 0.15) is 26.5 Å². The summed E-state index contributed by atoms with van der Waals surface area (Å²) in [7, 11) is -0.153. The lowest BCUT2D eigenvalue weighted by molar-refractivity contribution is -0.127. The highest BCUT2D eigenvalue weighted by Gasteiger charge is 2.36.